The van der Waals surface area contributed by atoms with Crippen molar-refractivity contribution in [2.45, 2.75) is 38.3 Å². The lowest BCUT2D eigenvalue weighted by Crippen LogP contribution is -2.52. The van der Waals surface area contributed by atoms with Crippen molar-refractivity contribution in [3.05, 3.63) is 64.7 Å². The molecule has 5 rings (SSSR count). The summed E-state index contributed by atoms with van der Waals surface area (Å²) in [5, 5.41) is 1.61. The number of fused-ring (bicyclic) bond motifs is 1. The number of nitrogens with zero attached hydrogens (tertiary/aromatic N) is 2. The molecule has 1 N–H and O–H groups in total. The maximum absolute atomic E-state index is 13.5. The average Bonchev–Trinajstić information content (AvgIpc) is 3.16. The highest BCUT2D eigenvalue weighted by Gasteiger charge is 2.40. The Bertz CT molecular complexity index is 1790. The van der Waals surface area contributed by atoms with E-state index in [1.807, 2.05) is 0 Å². The van der Waals surface area contributed by atoms with E-state index in [0.29, 0.717) is 0 Å². The second-order valence-corrected chi connectivity index (χ2v) is 6.71. The normalized spacial score (nSPS) is 40.8. The molecule has 0 aliphatic carbocycles. The highest BCUT2D eigenvalue weighted by Crippen LogP contribution is 2.34. The van der Waals surface area contributed by atoms with Gasteiger partial charge in [-0.3, -0.25) is 24.6 Å². The molecular formula is C25H27N3O5. The quantitative estimate of drug-likeness (QED) is 0.653. The van der Waals surface area contributed by atoms with Crippen molar-refractivity contribution in [2.75, 3.05) is 26.1 Å². The van der Waals surface area contributed by atoms with E-state index in [2.05, 4.69) is 4.74 Å². The summed E-state index contributed by atoms with van der Waals surface area (Å²) in [5.41, 5.74) is -2.17. The molecule has 2 aromatic carbocycles. The second kappa shape index (κ2) is 9.33. The molecule has 8 heteroatoms. The number of carbonyl (C=O) groups is 3. The Morgan fingerprint density at radius 3 is 2.64 bits per heavy atom. The minimum atomic E-state index is -3.60. The van der Waals surface area contributed by atoms with E-state index in [4.69, 9.17) is 29.4 Å². The third-order valence-electron chi connectivity index (χ3n) is 4.59. The number of nitrogens with one attached hydrogen (secondary N) is 1. The Kier molecular flexibility index (Phi) is 2.60. The Morgan fingerprint density at radius 2 is 1.85 bits per heavy atom. The molecule has 0 spiro atoms. The molecule has 0 radical (unpaired) electrons. The summed E-state index contributed by atoms with van der Waals surface area (Å²) in [6, 6.07) is 4.31. The highest BCUT2D eigenvalue weighted by molar-refractivity contribution is 6.05. The maximum atomic E-state index is 13.5. The topological polar surface area (TPSA) is 88.2 Å². The molecule has 3 amide bonds. The Balaban J connectivity index is 1.49. The van der Waals surface area contributed by atoms with Crippen LogP contribution in [-0.2, 0) is 33.9 Å². The van der Waals surface area contributed by atoms with E-state index in [1.54, 1.807) is 5.32 Å². The van der Waals surface area contributed by atoms with E-state index < -0.39 is 110 Å². The van der Waals surface area contributed by atoms with Crippen molar-refractivity contribution in [3.8, 4) is 5.75 Å². The van der Waals surface area contributed by atoms with Crippen LogP contribution in [0.3, 0.4) is 0 Å². The van der Waals surface area contributed by atoms with Crippen molar-refractivity contribution in [3.63, 3.8) is 0 Å². The summed E-state index contributed by atoms with van der Waals surface area (Å²) in [5.74, 6) is -5.08. The molecule has 3 heterocycles. The molecule has 3 aliphatic heterocycles. The molecule has 2 fully saturated rings. The Hall–Kier alpha value is -3.23. The first-order valence-electron chi connectivity index (χ1n) is 18.4. The van der Waals surface area contributed by atoms with Gasteiger partial charge < -0.3 is 14.4 Å². The molecule has 172 valence electrons. The van der Waals surface area contributed by atoms with Gasteiger partial charge in [-0.2, -0.15) is 0 Å². The SMILES string of the molecule is [2H]C([2H])(Oc1cccc2c1C([2H])([2H])N([C@H]1C(=O)NC(=O)C([2H])([2H])C1([2H])[2H])C2=O)c1ccc(C([2H])([2H])N2C([2H])([2H])C([2H])([2H])OC([2H])([2H])C2([2H])[2H])cc1. The van der Waals surface area contributed by atoms with Gasteiger partial charge in [-0.05, 0) is 29.6 Å². The number of rotatable bonds is 6. The van der Waals surface area contributed by atoms with E-state index in [1.165, 1.54) is 0 Å². The number of morpholine rings is 1. The van der Waals surface area contributed by atoms with Gasteiger partial charge in [-0.1, -0.05) is 30.3 Å². The number of amides is 3. The van der Waals surface area contributed by atoms with Crippen LogP contribution in [0.2, 0.25) is 0 Å². The van der Waals surface area contributed by atoms with Gasteiger partial charge in [0.1, 0.15) is 18.4 Å². The molecule has 8 nitrogen and oxygen atoms in total. The van der Waals surface area contributed by atoms with E-state index in [0.717, 1.165) is 42.5 Å². The van der Waals surface area contributed by atoms with E-state index in [9.17, 15) is 14.4 Å². The summed E-state index contributed by atoms with van der Waals surface area (Å²) in [6.07, 6.45) is -6.83. The zero-order valence-electron chi connectivity index (χ0n) is 34.6. The van der Waals surface area contributed by atoms with Gasteiger partial charge in [0.05, 0.1) is 30.6 Å². The van der Waals surface area contributed by atoms with Crippen LogP contribution >= 0.6 is 0 Å². The number of carbonyl (C=O) groups excluding carboxylic acids is 3. The lowest BCUT2D eigenvalue weighted by molar-refractivity contribution is -0.136. The lowest BCUT2D eigenvalue weighted by atomic mass is 10.0. The third-order valence-corrected chi connectivity index (χ3v) is 4.59. The molecule has 3 aliphatic rings. The smallest absolute Gasteiger partial charge is 0.255 e. The minimum Gasteiger partial charge on any atom is -0.489 e. The number of hydrogen-bond acceptors (Lipinski definition) is 6. The largest absolute Gasteiger partial charge is 0.489 e. The molecule has 2 aromatic rings. The van der Waals surface area contributed by atoms with E-state index >= 15 is 0 Å². The fraction of sp³-hybridized carbons (Fsp3) is 0.400. The summed E-state index contributed by atoms with van der Waals surface area (Å²) in [4.78, 5) is 38.2. The van der Waals surface area contributed by atoms with Gasteiger partial charge in [0.25, 0.3) is 5.91 Å². The van der Waals surface area contributed by atoms with Crippen molar-refractivity contribution >= 4 is 17.7 Å². The van der Waals surface area contributed by atoms with Gasteiger partial charge in [0.15, 0.2) is 0 Å². The van der Waals surface area contributed by atoms with Crippen LogP contribution in [0.4, 0.5) is 0 Å². The molecule has 0 saturated carbocycles. The zero-order valence-corrected chi connectivity index (χ0v) is 16.6. The summed E-state index contributed by atoms with van der Waals surface area (Å²) in [7, 11) is 0. The Labute approximate surface area is 217 Å². The van der Waals surface area contributed by atoms with Crippen LogP contribution in [0.25, 0.3) is 0 Å². The molecular weight excluding hydrogens is 422 g/mol. The maximum Gasteiger partial charge on any atom is 0.255 e. The number of ether oxygens (including phenoxy) is 2. The van der Waals surface area contributed by atoms with Crippen LogP contribution in [-0.4, -0.2) is 59.7 Å². The van der Waals surface area contributed by atoms with Crippen molar-refractivity contribution in [1.82, 2.24) is 15.1 Å². The second-order valence-electron chi connectivity index (χ2n) is 6.71. The first-order chi connectivity index (χ1) is 22.8. The van der Waals surface area contributed by atoms with Crippen LogP contribution in [0, 0.1) is 0 Å². The number of imide groups is 1. The molecule has 2 saturated heterocycles. The molecule has 1 atom stereocenters. The predicted octanol–water partition coefficient (Wildman–Crippen LogP) is 1.86. The summed E-state index contributed by atoms with van der Waals surface area (Å²) in [6.45, 7) is -23.7. The number of hydrogen-bond donors (Lipinski definition) is 1. The van der Waals surface area contributed by atoms with Crippen molar-refractivity contribution in [2.24, 2.45) is 0 Å². The first kappa shape index (κ1) is 9.19. The van der Waals surface area contributed by atoms with Crippen LogP contribution in [0.5, 0.6) is 5.75 Å². The molecule has 0 aromatic heterocycles. The fourth-order valence-electron chi connectivity index (χ4n) is 3.09. The third kappa shape index (κ3) is 4.62. The summed E-state index contributed by atoms with van der Waals surface area (Å²) < 4.78 is 158. The molecule has 0 unspecified atom stereocenters. The number of piperidine rings is 1. The van der Waals surface area contributed by atoms with Gasteiger partial charge in [0, 0.05) is 50.7 Å². The minimum absolute atomic E-state index is 0.101. The van der Waals surface area contributed by atoms with Crippen molar-refractivity contribution in [1.29, 1.82) is 0 Å². The lowest BCUT2D eigenvalue weighted by Gasteiger charge is -2.29. The average molecular weight is 468 g/mol. The van der Waals surface area contributed by atoms with Crippen LogP contribution in [0.1, 0.15) is 64.5 Å². The van der Waals surface area contributed by atoms with Gasteiger partial charge in [-0.15, -0.1) is 0 Å². The fourth-order valence-corrected chi connectivity index (χ4v) is 3.09. The van der Waals surface area contributed by atoms with E-state index in [-0.39, 0.29) is 9.80 Å². The molecule has 33 heavy (non-hydrogen) atoms. The summed E-state index contributed by atoms with van der Waals surface area (Å²) >= 11 is 0. The molecule has 0 bridgehead atoms. The van der Waals surface area contributed by atoms with Crippen molar-refractivity contribution < 1.29 is 48.5 Å². The van der Waals surface area contributed by atoms with Crippen LogP contribution < -0.4 is 10.1 Å². The standard InChI is InChI=1S/C25H27N3O5/c29-23-9-8-21(24(30)26-23)28-15-20-19(25(28)31)2-1-3-22(20)33-16-18-6-4-17(5-7-18)14-27-10-12-32-13-11-27/h1-7,21H,8-16H2,(H,26,29,30)/t21-/m1/s1/i8D2,9D2,10D2,11D2,12D2,13D2,14D2,15D2,16D2. The van der Waals surface area contributed by atoms with Gasteiger partial charge in [0.2, 0.25) is 11.8 Å². The van der Waals surface area contributed by atoms with Gasteiger partial charge in [-0.25, -0.2) is 0 Å². The Morgan fingerprint density at radius 1 is 1.09 bits per heavy atom. The van der Waals surface area contributed by atoms with Gasteiger partial charge >= 0.3 is 0 Å². The monoisotopic (exact) mass is 467 g/mol. The first-order valence-corrected chi connectivity index (χ1v) is 9.45. The zero-order chi connectivity index (χ0) is 38.9. The predicted molar refractivity (Wildman–Crippen MR) is 119 cm³/mol. The number of benzene rings is 2. The van der Waals surface area contributed by atoms with Crippen LogP contribution in [0.15, 0.2) is 42.5 Å². The highest BCUT2D eigenvalue weighted by atomic mass is 16.5.